The molecule has 138 valence electrons. The number of carbonyl (C=O) groups is 2. The first-order chi connectivity index (χ1) is 12.7. The standard InChI is InChI=1S/C21H26N2O3/c1-15-19-17(9-5-10-18(19)24)23-20(15)21(25)22-12-6-13-26-14-11-16-7-3-2-4-8-16/h2-4,7-8,23H,5-6,9-14H2,1H3,(H,22,25). The van der Waals surface area contributed by atoms with Gasteiger partial charge in [0, 0.05) is 30.8 Å². The number of hydrogen-bond acceptors (Lipinski definition) is 3. The predicted octanol–water partition coefficient (Wildman–Crippen LogP) is 3.22. The fourth-order valence-electron chi connectivity index (χ4n) is 3.40. The zero-order valence-electron chi connectivity index (χ0n) is 15.3. The van der Waals surface area contributed by atoms with E-state index in [0.717, 1.165) is 42.5 Å². The number of benzene rings is 1. The van der Waals surface area contributed by atoms with Crippen molar-refractivity contribution in [2.75, 3.05) is 19.8 Å². The first kappa shape index (κ1) is 18.4. The number of H-pyrrole nitrogens is 1. The lowest BCUT2D eigenvalue weighted by Crippen LogP contribution is -2.26. The number of aromatic amines is 1. The molecule has 0 radical (unpaired) electrons. The van der Waals surface area contributed by atoms with Crippen molar-refractivity contribution in [3.05, 3.63) is 58.4 Å². The Morgan fingerprint density at radius 1 is 1.19 bits per heavy atom. The lowest BCUT2D eigenvalue weighted by atomic mass is 9.94. The van der Waals surface area contributed by atoms with E-state index in [1.165, 1.54) is 5.56 Å². The van der Waals surface area contributed by atoms with Gasteiger partial charge in [-0.2, -0.15) is 0 Å². The third-order valence-electron chi connectivity index (χ3n) is 4.79. The van der Waals surface area contributed by atoms with E-state index in [0.29, 0.717) is 31.9 Å². The van der Waals surface area contributed by atoms with Gasteiger partial charge in [0.2, 0.25) is 0 Å². The summed E-state index contributed by atoms with van der Waals surface area (Å²) >= 11 is 0. The number of ether oxygens (including phenoxy) is 1. The summed E-state index contributed by atoms with van der Waals surface area (Å²) in [7, 11) is 0. The van der Waals surface area contributed by atoms with Gasteiger partial charge in [-0.05, 0) is 43.7 Å². The minimum atomic E-state index is -0.144. The van der Waals surface area contributed by atoms with E-state index < -0.39 is 0 Å². The highest BCUT2D eigenvalue weighted by molar-refractivity contribution is 6.04. The molecule has 5 nitrogen and oxygen atoms in total. The zero-order valence-corrected chi connectivity index (χ0v) is 15.3. The normalized spacial score (nSPS) is 13.5. The second kappa shape index (κ2) is 8.81. The van der Waals surface area contributed by atoms with Crippen molar-refractivity contribution in [2.24, 2.45) is 0 Å². The van der Waals surface area contributed by atoms with Crippen LogP contribution in [0.2, 0.25) is 0 Å². The van der Waals surface area contributed by atoms with Gasteiger partial charge >= 0.3 is 0 Å². The SMILES string of the molecule is Cc1c(C(=O)NCCCOCCc2ccccc2)[nH]c2c1C(=O)CCC2. The number of aromatic nitrogens is 1. The van der Waals surface area contributed by atoms with Crippen LogP contribution in [0.3, 0.4) is 0 Å². The van der Waals surface area contributed by atoms with E-state index in [4.69, 9.17) is 4.74 Å². The molecule has 2 aromatic rings. The summed E-state index contributed by atoms with van der Waals surface area (Å²) in [6.07, 6.45) is 3.93. The lowest BCUT2D eigenvalue weighted by Gasteiger charge is -2.09. The fraction of sp³-hybridized carbons (Fsp3) is 0.429. The molecule has 1 aromatic carbocycles. The van der Waals surface area contributed by atoms with Crippen LogP contribution in [0.25, 0.3) is 0 Å². The van der Waals surface area contributed by atoms with Gasteiger partial charge in [-0.3, -0.25) is 9.59 Å². The van der Waals surface area contributed by atoms with Gasteiger partial charge in [0.05, 0.1) is 6.61 Å². The molecular formula is C21H26N2O3. The minimum Gasteiger partial charge on any atom is -0.381 e. The molecule has 0 aliphatic heterocycles. The summed E-state index contributed by atoms with van der Waals surface area (Å²) in [4.78, 5) is 27.6. The van der Waals surface area contributed by atoms with Crippen LogP contribution in [0.1, 0.15) is 56.9 Å². The van der Waals surface area contributed by atoms with Crippen LogP contribution in [-0.2, 0) is 17.6 Å². The van der Waals surface area contributed by atoms with Gasteiger partial charge in [-0.1, -0.05) is 30.3 Å². The first-order valence-electron chi connectivity index (χ1n) is 9.31. The number of hydrogen-bond donors (Lipinski definition) is 2. The summed E-state index contributed by atoms with van der Waals surface area (Å²) in [5, 5.41) is 2.91. The van der Waals surface area contributed by atoms with Crippen LogP contribution in [0, 0.1) is 6.92 Å². The molecular weight excluding hydrogens is 328 g/mol. The minimum absolute atomic E-state index is 0.144. The van der Waals surface area contributed by atoms with Crippen LogP contribution < -0.4 is 5.32 Å². The monoisotopic (exact) mass is 354 g/mol. The topological polar surface area (TPSA) is 71.2 Å². The Morgan fingerprint density at radius 2 is 2.00 bits per heavy atom. The Labute approximate surface area is 154 Å². The van der Waals surface area contributed by atoms with Gasteiger partial charge < -0.3 is 15.0 Å². The smallest absolute Gasteiger partial charge is 0.268 e. The van der Waals surface area contributed by atoms with Gasteiger partial charge in [0.1, 0.15) is 5.69 Å². The van der Waals surface area contributed by atoms with E-state index in [1.54, 1.807) is 0 Å². The number of aryl methyl sites for hydroxylation is 1. The maximum atomic E-state index is 12.4. The number of fused-ring (bicyclic) bond motifs is 1. The highest BCUT2D eigenvalue weighted by Crippen LogP contribution is 2.26. The molecule has 0 saturated carbocycles. The van der Waals surface area contributed by atoms with Crippen LogP contribution in [0.4, 0.5) is 0 Å². The second-order valence-corrected chi connectivity index (χ2v) is 6.71. The molecule has 1 aromatic heterocycles. The summed E-state index contributed by atoms with van der Waals surface area (Å²) < 4.78 is 5.63. The lowest BCUT2D eigenvalue weighted by molar-refractivity contribution is 0.0936. The van der Waals surface area contributed by atoms with Crippen molar-refractivity contribution in [1.82, 2.24) is 10.3 Å². The Hall–Kier alpha value is -2.40. The van der Waals surface area contributed by atoms with E-state index in [1.807, 2.05) is 25.1 Å². The number of ketones is 1. The average molecular weight is 354 g/mol. The Bertz CT molecular complexity index is 765. The van der Waals surface area contributed by atoms with Crippen LogP contribution in [0.5, 0.6) is 0 Å². The summed E-state index contributed by atoms with van der Waals surface area (Å²) in [6.45, 7) is 3.70. The quantitative estimate of drug-likeness (QED) is 0.715. The summed E-state index contributed by atoms with van der Waals surface area (Å²) in [5.74, 6) is -0.000137. The number of amides is 1. The molecule has 0 bridgehead atoms. The summed E-state index contributed by atoms with van der Waals surface area (Å²) in [5.41, 5.74) is 4.21. The fourth-order valence-corrected chi connectivity index (χ4v) is 3.40. The van der Waals surface area contributed by atoms with E-state index in [-0.39, 0.29) is 11.7 Å². The molecule has 5 heteroatoms. The van der Waals surface area contributed by atoms with Crippen LogP contribution in [-0.4, -0.2) is 36.4 Å². The molecule has 1 aliphatic carbocycles. The second-order valence-electron chi connectivity index (χ2n) is 6.71. The van der Waals surface area contributed by atoms with Crippen molar-refractivity contribution in [3.8, 4) is 0 Å². The molecule has 1 amide bonds. The van der Waals surface area contributed by atoms with Crippen molar-refractivity contribution < 1.29 is 14.3 Å². The molecule has 0 unspecified atom stereocenters. The van der Waals surface area contributed by atoms with Crippen molar-refractivity contribution in [2.45, 2.75) is 39.0 Å². The van der Waals surface area contributed by atoms with Gasteiger partial charge in [-0.15, -0.1) is 0 Å². The van der Waals surface area contributed by atoms with Crippen molar-refractivity contribution >= 4 is 11.7 Å². The Morgan fingerprint density at radius 3 is 2.77 bits per heavy atom. The first-order valence-corrected chi connectivity index (χ1v) is 9.31. The highest BCUT2D eigenvalue weighted by Gasteiger charge is 2.26. The average Bonchev–Trinajstić information content (AvgIpc) is 3.00. The Balaban J connectivity index is 1.38. The van der Waals surface area contributed by atoms with Crippen LogP contribution >= 0.6 is 0 Å². The molecule has 0 saturated heterocycles. The van der Waals surface area contributed by atoms with E-state index in [9.17, 15) is 9.59 Å². The predicted molar refractivity (Wildman–Crippen MR) is 101 cm³/mol. The number of carbonyl (C=O) groups excluding carboxylic acids is 2. The Kier molecular flexibility index (Phi) is 6.23. The highest BCUT2D eigenvalue weighted by atomic mass is 16.5. The van der Waals surface area contributed by atoms with Crippen LogP contribution in [0.15, 0.2) is 30.3 Å². The van der Waals surface area contributed by atoms with Crippen molar-refractivity contribution in [3.63, 3.8) is 0 Å². The molecule has 26 heavy (non-hydrogen) atoms. The third kappa shape index (κ3) is 4.41. The third-order valence-corrected chi connectivity index (χ3v) is 4.79. The molecule has 1 aliphatic rings. The van der Waals surface area contributed by atoms with E-state index >= 15 is 0 Å². The molecule has 0 spiro atoms. The maximum Gasteiger partial charge on any atom is 0.268 e. The van der Waals surface area contributed by atoms with E-state index in [2.05, 4.69) is 22.4 Å². The van der Waals surface area contributed by atoms with Gasteiger partial charge in [0.25, 0.3) is 5.91 Å². The zero-order chi connectivity index (χ0) is 18.4. The largest absolute Gasteiger partial charge is 0.381 e. The van der Waals surface area contributed by atoms with Crippen molar-refractivity contribution in [1.29, 1.82) is 0 Å². The maximum absolute atomic E-state index is 12.4. The molecule has 3 rings (SSSR count). The van der Waals surface area contributed by atoms with Gasteiger partial charge in [0.15, 0.2) is 5.78 Å². The molecule has 1 heterocycles. The number of Topliss-reactive ketones (excluding diaryl/α,β-unsaturated/α-hetero) is 1. The molecule has 0 fully saturated rings. The van der Waals surface area contributed by atoms with Gasteiger partial charge in [-0.25, -0.2) is 0 Å². The number of rotatable bonds is 8. The summed E-state index contributed by atoms with van der Waals surface area (Å²) in [6, 6.07) is 10.2. The number of nitrogens with one attached hydrogen (secondary N) is 2. The molecule has 2 N–H and O–H groups in total. The molecule has 0 atom stereocenters.